The highest BCUT2D eigenvalue weighted by Crippen LogP contribution is 2.30. The van der Waals surface area contributed by atoms with E-state index >= 15 is 0 Å². The Balaban J connectivity index is 1.36. The molecular weight excluding hydrogens is 370 g/mol. The second-order valence-electron chi connectivity index (χ2n) is 9.53. The average Bonchev–Trinajstić information content (AvgIpc) is 2.75. The maximum absolute atomic E-state index is 13.2. The Hall–Kier alpha value is -1.22. The van der Waals surface area contributed by atoms with Crippen LogP contribution in [0.5, 0.6) is 0 Å². The minimum Gasteiger partial charge on any atom is -0.381 e. The predicted octanol–water partition coefficient (Wildman–Crippen LogP) is -0.989. The minimum atomic E-state index is -0.321. The largest absolute Gasteiger partial charge is 0.381 e. The molecule has 0 aromatic rings. The first-order chi connectivity index (χ1) is 14.0. The Bertz CT molecular complexity index is 609. The molecule has 1 aliphatic carbocycles. The summed E-state index contributed by atoms with van der Waals surface area (Å²) in [5.41, 5.74) is 6.51. The van der Waals surface area contributed by atoms with Gasteiger partial charge in [-0.25, -0.2) is 5.32 Å². The number of fused-ring (bicyclic) bond motifs is 2. The summed E-state index contributed by atoms with van der Waals surface area (Å²) in [4.78, 5) is 29.2. The first-order valence-electron chi connectivity index (χ1n) is 11.5. The number of nitrogens with two attached hydrogens (primary N) is 1. The van der Waals surface area contributed by atoms with Crippen molar-refractivity contribution in [3.8, 4) is 0 Å². The van der Waals surface area contributed by atoms with Gasteiger partial charge in [-0.3, -0.25) is 15.3 Å². The fourth-order valence-electron chi connectivity index (χ4n) is 5.90. The molecule has 0 aromatic carbocycles. The monoisotopic (exact) mass is 408 g/mol. The van der Waals surface area contributed by atoms with Crippen LogP contribution in [0.4, 0.5) is 0 Å². The number of ether oxygens (including phenoxy) is 1. The Labute approximate surface area is 173 Å². The van der Waals surface area contributed by atoms with Gasteiger partial charge in [0.05, 0.1) is 19.3 Å². The number of nitrogens with one attached hydrogen (secondary N) is 3. The topological polar surface area (TPSA) is 101 Å². The molecule has 0 bridgehead atoms. The van der Waals surface area contributed by atoms with E-state index < -0.39 is 0 Å². The molecule has 164 valence electrons. The minimum absolute atomic E-state index is 0.00483. The molecule has 4 aliphatic rings. The first-order valence-corrected chi connectivity index (χ1v) is 11.5. The van der Waals surface area contributed by atoms with Crippen LogP contribution in [-0.2, 0) is 14.3 Å². The highest BCUT2D eigenvalue weighted by atomic mass is 16.5. The Morgan fingerprint density at radius 3 is 2.76 bits per heavy atom. The smallest absolute Gasteiger partial charge is 0.234 e. The molecule has 0 aromatic heterocycles. The van der Waals surface area contributed by atoms with Crippen molar-refractivity contribution >= 4 is 11.8 Å². The number of carbonyl (C=O) groups excluding carboxylic acids is 2. The van der Waals surface area contributed by atoms with Gasteiger partial charge >= 0.3 is 0 Å². The fraction of sp³-hybridized carbons (Fsp3) is 0.905. The van der Waals surface area contributed by atoms with Gasteiger partial charge < -0.3 is 19.9 Å². The Kier molecular flexibility index (Phi) is 6.44. The molecule has 4 rings (SSSR count). The van der Waals surface area contributed by atoms with Gasteiger partial charge in [0.15, 0.2) is 12.3 Å². The molecule has 8 nitrogen and oxygen atoms in total. The number of quaternary nitrogens is 1. The lowest BCUT2D eigenvalue weighted by molar-refractivity contribution is -0.946. The van der Waals surface area contributed by atoms with E-state index in [9.17, 15) is 9.59 Å². The van der Waals surface area contributed by atoms with Gasteiger partial charge in [-0.2, -0.15) is 0 Å². The Morgan fingerprint density at radius 2 is 2.03 bits per heavy atom. The molecule has 6 atom stereocenters. The predicted molar refractivity (Wildman–Crippen MR) is 108 cm³/mol. The van der Waals surface area contributed by atoms with E-state index in [0.717, 1.165) is 56.4 Å². The number of nitrogens with zero attached hydrogens (tertiary/aromatic N) is 1. The van der Waals surface area contributed by atoms with Crippen LogP contribution in [0.3, 0.4) is 0 Å². The van der Waals surface area contributed by atoms with Crippen molar-refractivity contribution in [3.63, 3.8) is 0 Å². The molecule has 0 radical (unpaired) electrons. The summed E-state index contributed by atoms with van der Waals surface area (Å²) < 4.78 is 5.44. The molecule has 29 heavy (non-hydrogen) atoms. The van der Waals surface area contributed by atoms with Crippen LogP contribution in [0.25, 0.3) is 0 Å². The average molecular weight is 409 g/mol. The lowest BCUT2D eigenvalue weighted by Crippen LogP contribution is -3.23. The number of piperidine rings is 2. The van der Waals surface area contributed by atoms with Crippen molar-refractivity contribution in [1.82, 2.24) is 15.5 Å². The van der Waals surface area contributed by atoms with Crippen molar-refractivity contribution in [1.29, 1.82) is 0 Å². The normalized spacial score (nSPS) is 42.7. The number of hydrogen-bond acceptors (Lipinski definition) is 5. The number of amides is 2. The van der Waals surface area contributed by atoms with Crippen LogP contribution in [0.15, 0.2) is 0 Å². The van der Waals surface area contributed by atoms with E-state index in [4.69, 9.17) is 10.5 Å². The molecule has 8 heteroatoms. The van der Waals surface area contributed by atoms with Gasteiger partial charge in [0.1, 0.15) is 11.8 Å². The van der Waals surface area contributed by atoms with Gasteiger partial charge in [0.2, 0.25) is 11.8 Å². The second-order valence-corrected chi connectivity index (χ2v) is 9.53. The summed E-state index contributed by atoms with van der Waals surface area (Å²) in [6.07, 6.45) is 8.28. The van der Waals surface area contributed by atoms with E-state index in [1.807, 2.05) is 11.9 Å². The van der Waals surface area contributed by atoms with Gasteiger partial charge in [-0.15, -0.1) is 0 Å². The fourth-order valence-corrected chi connectivity index (χ4v) is 5.90. The third kappa shape index (κ3) is 4.17. The molecule has 0 spiro atoms. The maximum atomic E-state index is 13.2. The van der Waals surface area contributed by atoms with Crippen molar-refractivity contribution in [2.45, 2.75) is 76.0 Å². The quantitative estimate of drug-likeness (QED) is 0.479. The van der Waals surface area contributed by atoms with Crippen LogP contribution < -0.4 is 21.3 Å². The third-order valence-electron chi connectivity index (χ3n) is 7.86. The summed E-state index contributed by atoms with van der Waals surface area (Å²) in [5.74, 6) is 0.240. The number of likely N-dealkylation sites (tertiary alicyclic amines) is 1. The molecular formula is C21H38N5O3+. The highest BCUT2D eigenvalue weighted by molar-refractivity contribution is 5.83. The summed E-state index contributed by atoms with van der Waals surface area (Å²) in [5, 5.41) is 6.82. The molecule has 1 saturated carbocycles. The van der Waals surface area contributed by atoms with Crippen LogP contribution >= 0.6 is 0 Å². The first kappa shape index (κ1) is 21.0. The van der Waals surface area contributed by atoms with Gasteiger partial charge in [-0.1, -0.05) is 0 Å². The molecule has 5 N–H and O–H groups in total. The second kappa shape index (κ2) is 8.88. The van der Waals surface area contributed by atoms with Crippen molar-refractivity contribution in [2.75, 3.05) is 27.2 Å². The number of rotatable bonds is 4. The lowest BCUT2D eigenvalue weighted by atomic mass is 9.80. The number of hydrogen-bond donors (Lipinski definition) is 4. The van der Waals surface area contributed by atoms with Crippen LogP contribution in [0.1, 0.15) is 51.4 Å². The standard InChI is InChI=1S/C21H37N5O3/c1-25-18(22)15(20(27)23-12-13-6-8-14(29-2)9-7-13)11-16-19(25)24-17-5-3-4-10-26(17)21(16)28/h13-19,24H,3-12,22H2,1-2H3,(H,23,27)/p+1. The summed E-state index contributed by atoms with van der Waals surface area (Å²) >= 11 is 0. The van der Waals surface area contributed by atoms with Crippen molar-refractivity contribution in [3.05, 3.63) is 0 Å². The van der Waals surface area contributed by atoms with Gasteiger partial charge in [0, 0.05) is 20.2 Å². The number of carbonyl (C=O) groups is 2. The molecule has 3 aliphatic heterocycles. The van der Waals surface area contributed by atoms with Crippen molar-refractivity contribution < 1.29 is 19.2 Å². The molecule has 3 saturated heterocycles. The summed E-state index contributed by atoms with van der Waals surface area (Å²) in [7, 11) is 3.80. The van der Waals surface area contributed by atoms with Crippen molar-refractivity contribution in [2.24, 2.45) is 23.5 Å². The van der Waals surface area contributed by atoms with Crippen LogP contribution in [-0.4, -0.2) is 68.6 Å². The molecule has 4 fully saturated rings. The van der Waals surface area contributed by atoms with E-state index in [0.29, 0.717) is 25.0 Å². The molecule has 2 amide bonds. The van der Waals surface area contributed by atoms with E-state index in [1.165, 1.54) is 0 Å². The van der Waals surface area contributed by atoms with E-state index in [1.54, 1.807) is 7.11 Å². The van der Waals surface area contributed by atoms with Crippen LogP contribution in [0, 0.1) is 17.8 Å². The zero-order valence-electron chi connectivity index (χ0n) is 17.9. The van der Waals surface area contributed by atoms with Crippen LogP contribution in [0.2, 0.25) is 0 Å². The summed E-state index contributed by atoms with van der Waals surface area (Å²) in [6, 6.07) is 0. The SMILES string of the molecule is COC1CCC(CNC(=O)C2CC3C(=O)N4CCCCC4NC3[NH+](C)C2N)CC1. The van der Waals surface area contributed by atoms with Gasteiger partial charge in [-0.05, 0) is 57.3 Å². The summed E-state index contributed by atoms with van der Waals surface area (Å²) in [6.45, 7) is 1.53. The third-order valence-corrected chi connectivity index (χ3v) is 7.86. The van der Waals surface area contributed by atoms with Gasteiger partial charge in [0.25, 0.3) is 0 Å². The number of methoxy groups -OCH3 is 1. The zero-order chi connectivity index (χ0) is 20.5. The zero-order valence-corrected chi connectivity index (χ0v) is 17.9. The Morgan fingerprint density at radius 1 is 1.28 bits per heavy atom. The highest BCUT2D eigenvalue weighted by Gasteiger charge is 2.54. The maximum Gasteiger partial charge on any atom is 0.234 e. The van der Waals surface area contributed by atoms with E-state index in [-0.39, 0.29) is 42.1 Å². The molecule has 6 unspecified atom stereocenters. The molecule has 3 heterocycles. The van der Waals surface area contributed by atoms with E-state index in [2.05, 4.69) is 10.6 Å². The lowest BCUT2D eigenvalue weighted by Gasteiger charge is -2.51.